The van der Waals surface area contributed by atoms with Crippen LogP contribution in [0.25, 0.3) is 0 Å². The third-order valence-corrected chi connectivity index (χ3v) is 2.36. The van der Waals surface area contributed by atoms with Crippen LogP contribution in [0.15, 0.2) is 12.1 Å². The summed E-state index contributed by atoms with van der Waals surface area (Å²) in [6, 6.07) is 3.50. The van der Waals surface area contributed by atoms with E-state index >= 15 is 0 Å². The van der Waals surface area contributed by atoms with Crippen LogP contribution >= 0.6 is 0 Å². The topological polar surface area (TPSA) is 47.6 Å². The van der Waals surface area contributed by atoms with E-state index in [0.29, 0.717) is 17.1 Å². The largest absolute Gasteiger partial charge is 0.493 e. The van der Waals surface area contributed by atoms with Crippen molar-refractivity contribution in [3.8, 4) is 11.5 Å². The van der Waals surface area contributed by atoms with Gasteiger partial charge >= 0.3 is 0 Å². The highest BCUT2D eigenvalue weighted by Gasteiger charge is 2.11. The Kier molecular flexibility index (Phi) is 4.79. The average molecular weight is 223 g/mol. The first-order chi connectivity index (χ1) is 7.76. The van der Waals surface area contributed by atoms with Gasteiger partial charge in [0.05, 0.1) is 14.2 Å². The first-order valence-electron chi connectivity index (χ1n) is 5.11. The molecule has 1 aromatic carbocycles. The van der Waals surface area contributed by atoms with Crippen molar-refractivity contribution >= 4 is 6.29 Å². The van der Waals surface area contributed by atoms with Gasteiger partial charge in [0.2, 0.25) is 0 Å². The molecule has 0 bridgehead atoms. The molecule has 1 N–H and O–H groups in total. The lowest BCUT2D eigenvalue weighted by Crippen LogP contribution is -2.11. The minimum Gasteiger partial charge on any atom is -0.493 e. The lowest BCUT2D eigenvalue weighted by Gasteiger charge is -2.13. The molecule has 0 aromatic heterocycles. The molecular weight excluding hydrogens is 206 g/mol. The lowest BCUT2D eigenvalue weighted by atomic mass is 10.1. The molecule has 0 heterocycles. The van der Waals surface area contributed by atoms with E-state index in [-0.39, 0.29) is 0 Å². The molecule has 0 saturated heterocycles. The predicted octanol–water partition coefficient (Wildman–Crippen LogP) is 1.28. The number of methoxy groups -OCH3 is 2. The molecule has 1 rings (SSSR count). The van der Waals surface area contributed by atoms with Gasteiger partial charge in [-0.1, -0.05) is 0 Å². The van der Waals surface area contributed by atoms with Crippen molar-refractivity contribution in [3.05, 3.63) is 23.3 Å². The fourth-order valence-electron chi connectivity index (χ4n) is 1.58. The second kappa shape index (κ2) is 6.12. The summed E-state index contributed by atoms with van der Waals surface area (Å²) >= 11 is 0. The van der Waals surface area contributed by atoms with E-state index in [1.54, 1.807) is 20.3 Å². The minimum atomic E-state index is 0.596. The smallest absolute Gasteiger partial charge is 0.163 e. The Morgan fingerprint density at radius 3 is 2.56 bits per heavy atom. The van der Waals surface area contributed by atoms with Gasteiger partial charge in [0.25, 0.3) is 0 Å². The summed E-state index contributed by atoms with van der Waals surface area (Å²) in [5.74, 6) is 1.29. The van der Waals surface area contributed by atoms with Crippen LogP contribution in [0.3, 0.4) is 0 Å². The number of rotatable bonds is 6. The third-order valence-electron chi connectivity index (χ3n) is 2.36. The van der Waals surface area contributed by atoms with Gasteiger partial charge in [-0.3, -0.25) is 4.79 Å². The van der Waals surface area contributed by atoms with Crippen molar-refractivity contribution < 1.29 is 14.3 Å². The summed E-state index contributed by atoms with van der Waals surface area (Å²) in [5.41, 5.74) is 1.57. The molecule has 0 fully saturated rings. The monoisotopic (exact) mass is 223 g/mol. The molecule has 1 aromatic rings. The Morgan fingerprint density at radius 2 is 2.06 bits per heavy atom. The van der Waals surface area contributed by atoms with Crippen LogP contribution in [-0.2, 0) is 6.42 Å². The maximum Gasteiger partial charge on any atom is 0.163 e. The second-order valence-electron chi connectivity index (χ2n) is 3.39. The number of nitrogens with one attached hydrogen (secondary N) is 1. The number of benzene rings is 1. The zero-order valence-electron chi connectivity index (χ0n) is 9.87. The van der Waals surface area contributed by atoms with Gasteiger partial charge in [-0.25, -0.2) is 0 Å². The van der Waals surface area contributed by atoms with E-state index in [2.05, 4.69) is 5.32 Å². The lowest BCUT2D eigenvalue weighted by molar-refractivity contribution is 0.112. The summed E-state index contributed by atoms with van der Waals surface area (Å²) in [6.45, 7) is 0.821. The van der Waals surface area contributed by atoms with Crippen LogP contribution in [0, 0.1) is 0 Å². The fourth-order valence-corrected chi connectivity index (χ4v) is 1.58. The average Bonchev–Trinajstić information content (AvgIpc) is 2.34. The van der Waals surface area contributed by atoms with Gasteiger partial charge in [0.1, 0.15) is 6.29 Å². The van der Waals surface area contributed by atoms with E-state index in [9.17, 15) is 4.79 Å². The third kappa shape index (κ3) is 2.73. The maximum absolute atomic E-state index is 10.8. The number of carbonyl (C=O) groups excluding carboxylic acids is 1. The highest BCUT2D eigenvalue weighted by atomic mass is 16.5. The highest BCUT2D eigenvalue weighted by molar-refractivity contribution is 5.77. The standard InChI is InChI=1S/C12H17NO3/c1-13-5-4-10-6-9(8-14)7-11(15-2)12(10)16-3/h6-8,13H,4-5H2,1-3H3. The van der Waals surface area contributed by atoms with Crippen LogP contribution in [0.4, 0.5) is 0 Å². The van der Waals surface area contributed by atoms with Crippen molar-refractivity contribution in [2.75, 3.05) is 27.8 Å². The van der Waals surface area contributed by atoms with Gasteiger partial charge in [0, 0.05) is 5.56 Å². The Morgan fingerprint density at radius 1 is 1.31 bits per heavy atom. The number of ether oxygens (including phenoxy) is 2. The Balaban J connectivity index is 3.14. The zero-order valence-corrected chi connectivity index (χ0v) is 9.87. The Bertz CT molecular complexity index is 364. The molecule has 88 valence electrons. The molecular formula is C12H17NO3. The van der Waals surface area contributed by atoms with E-state index < -0.39 is 0 Å². The van der Waals surface area contributed by atoms with Crippen LogP contribution in [0.2, 0.25) is 0 Å². The van der Waals surface area contributed by atoms with Crippen LogP contribution in [0.5, 0.6) is 11.5 Å². The zero-order chi connectivity index (χ0) is 12.0. The van der Waals surface area contributed by atoms with Crippen molar-refractivity contribution in [2.24, 2.45) is 0 Å². The number of likely N-dealkylation sites (N-methyl/N-ethyl adjacent to an activating group) is 1. The Labute approximate surface area is 95.6 Å². The van der Waals surface area contributed by atoms with E-state index in [4.69, 9.17) is 9.47 Å². The number of hydrogen-bond donors (Lipinski definition) is 1. The van der Waals surface area contributed by atoms with Gasteiger partial charge in [-0.05, 0) is 37.7 Å². The second-order valence-corrected chi connectivity index (χ2v) is 3.39. The highest BCUT2D eigenvalue weighted by Crippen LogP contribution is 2.32. The van der Waals surface area contributed by atoms with Crippen molar-refractivity contribution in [3.63, 3.8) is 0 Å². The van der Waals surface area contributed by atoms with Gasteiger partial charge in [-0.2, -0.15) is 0 Å². The quantitative estimate of drug-likeness (QED) is 0.738. The van der Waals surface area contributed by atoms with Crippen LogP contribution in [0.1, 0.15) is 15.9 Å². The van der Waals surface area contributed by atoms with Gasteiger partial charge < -0.3 is 14.8 Å². The predicted molar refractivity (Wildman–Crippen MR) is 62.6 cm³/mol. The summed E-state index contributed by atoms with van der Waals surface area (Å²) in [5, 5.41) is 3.06. The number of carbonyl (C=O) groups is 1. The molecule has 0 saturated carbocycles. The molecule has 0 unspecified atom stereocenters. The Hall–Kier alpha value is -1.55. The maximum atomic E-state index is 10.8. The van der Waals surface area contributed by atoms with Crippen molar-refractivity contribution in [1.82, 2.24) is 5.32 Å². The molecule has 16 heavy (non-hydrogen) atoms. The summed E-state index contributed by atoms with van der Waals surface area (Å²) in [4.78, 5) is 10.8. The van der Waals surface area contributed by atoms with Gasteiger partial charge in [-0.15, -0.1) is 0 Å². The van der Waals surface area contributed by atoms with Gasteiger partial charge in [0.15, 0.2) is 11.5 Å². The minimum absolute atomic E-state index is 0.596. The first kappa shape index (κ1) is 12.5. The molecule has 0 spiro atoms. The summed E-state index contributed by atoms with van der Waals surface area (Å²) in [6.07, 6.45) is 1.60. The van der Waals surface area contributed by atoms with Crippen molar-refractivity contribution in [2.45, 2.75) is 6.42 Å². The number of hydrogen-bond acceptors (Lipinski definition) is 4. The normalized spacial score (nSPS) is 9.94. The SMILES string of the molecule is CNCCc1cc(C=O)cc(OC)c1OC. The van der Waals surface area contributed by atoms with Crippen molar-refractivity contribution in [1.29, 1.82) is 0 Å². The molecule has 4 heteroatoms. The summed E-state index contributed by atoms with van der Waals surface area (Å²) in [7, 11) is 5.04. The van der Waals surface area contributed by atoms with E-state index in [0.717, 1.165) is 24.8 Å². The molecule has 0 atom stereocenters. The van der Waals surface area contributed by atoms with E-state index in [1.807, 2.05) is 13.1 Å². The molecule has 4 nitrogen and oxygen atoms in total. The first-order valence-corrected chi connectivity index (χ1v) is 5.11. The van der Waals surface area contributed by atoms with E-state index in [1.165, 1.54) is 0 Å². The van der Waals surface area contributed by atoms with Crippen LogP contribution < -0.4 is 14.8 Å². The fraction of sp³-hybridized carbons (Fsp3) is 0.417. The number of aldehydes is 1. The molecule has 0 aliphatic rings. The molecule has 0 aliphatic carbocycles. The molecule has 0 amide bonds. The van der Waals surface area contributed by atoms with Crippen LogP contribution in [-0.4, -0.2) is 34.1 Å². The molecule has 0 aliphatic heterocycles. The molecule has 0 radical (unpaired) electrons. The summed E-state index contributed by atoms with van der Waals surface area (Å²) < 4.78 is 10.5.